The molecule has 6 heteroatoms. The van der Waals surface area contributed by atoms with Gasteiger partial charge in [-0.25, -0.2) is 0 Å². The zero-order valence-corrected chi connectivity index (χ0v) is 14.7. The number of rotatable bonds is 3. The molecule has 3 aromatic rings. The van der Waals surface area contributed by atoms with E-state index in [1.165, 1.54) is 5.56 Å². The summed E-state index contributed by atoms with van der Waals surface area (Å²) in [6.45, 7) is 2.16. The van der Waals surface area contributed by atoms with Crippen molar-refractivity contribution in [3.63, 3.8) is 0 Å². The fourth-order valence-electron chi connectivity index (χ4n) is 2.87. The standard InChI is InChI=1S/C18H16BrN5/c1-2-12-6-8-13(9-7-12)16-11-17(14-4-3-5-15(19)10-14)24-18(20-16)21-22-23-24/h3-11,17H,2H2,1H3,(H,20,21,23)/t17-/m0/s1. The van der Waals surface area contributed by atoms with Gasteiger partial charge in [0.1, 0.15) is 6.04 Å². The normalized spacial score (nSPS) is 16.2. The van der Waals surface area contributed by atoms with E-state index >= 15 is 0 Å². The summed E-state index contributed by atoms with van der Waals surface area (Å²) in [4.78, 5) is 0. The Morgan fingerprint density at radius 3 is 2.75 bits per heavy atom. The number of aryl methyl sites for hydroxylation is 1. The molecule has 120 valence electrons. The van der Waals surface area contributed by atoms with Crippen molar-refractivity contribution in [3.8, 4) is 0 Å². The van der Waals surface area contributed by atoms with Gasteiger partial charge in [0.25, 0.3) is 0 Å². The summed E-state index contributed by atoms with van der Waals surface area (Å²) in [6, 6.07) is 16.7. The minimum Gasteiger partial charge on any atom is -0.323 e. The maximum atomic E-state index is 4.13. The van der Waals surface area contributed by atoms with Gasteiger partial charge in [-0.15, -0.1) is 0 Å². The van der Waals surface area contributed by atoms with Crippen LogP contribution in [0.5, 0.6) is 0 Å². The Kier molecular flexibility index (Phi) is 3.90. The molecule has 0 spiro atoms. The summed E-state index contributed by atoms with van der Waals surface area (Å²) in [6.07, 6.45) is 3.19. The molecular weight excluding hydrogens is 366 g/mol. The van der Waals surface area contributed by atoms with Gasteiger partial charge in [0, 0.05) is 10.2 Å². The monoisotopic (exact) mass is 381 g/mol. The van der Waals surface area contributed by atoms with Crippen molar-refractivity contribution in [2.24, 2.45) is 0 Å². The molecule has 0 aliphatic carbocycles. The van der Waals surface area contributed by atoms with Gasteiger partial charge in [-0.05, 0) is 51.7 Å². The van der Waals surface area contributed by atoms with Crippen LogP contribution in [0.1, 0.15) is 29.7 Å². The summed E-state index contributed by atoms with van der Waals surface area (Å²) in [5.74, 6) is 0.650. The van der Waals surface area contributed by atoms with Crippen LogP contribution in [0.3, 0.4) is 0 Å². The van der Waals surface area contributed by atoms with Crippen molar-refractivity contribution in [2.75, 3.05) is 5.32 Å². The molecule has 0 fully saturated rings. The fourth-order valence-corrected chi connectivity index (χ4v) is 3.29. The quantitative estimate of drug-likeness (QED) is 0.743. The van der Waals surface area contributed by atoms with Crippen molar-refractivity contribution in [3.05, 3.63) is 75.8 Å². The zero-order chi connectivity index (χ0) is 16.5. The Balaban J connectivity index is 1.78. The maximum absolute atomic E-state index is 4.13. The second-order valence-electron chi connectivity index (χ2n) is 5.70. The van der Waals surface area contributed by atoms with Gasteiger partial charge in [0.15, 0.2) is 0 Å². The highest BCUT2D eigenvalue weighted by Gasteiger charge is 2.24. The second kappa shape index (κ2) is 6.20. The van der Waals surface area contributed by atoms with E-state index in [4.69, 9.17) is 0 Å². The van der Waals surface area contributed by atoms with E-state index in [1.807, 2.05) is 12.1 Å². The Morgan fingerprint density at radius 2 is 2.00 bits per heavy atom. The van der Waals surface area contributed by atoms with Crippen molar-refractivity contribution >= 4 is 27.6 Å². The lowest BCUT2D eigenvalue weighted by Gasteiger charge is -2.23. The molecule has 0 unspecified atom stereocenters. The molecule has 24 heavy (non-hydrogen) atoms. The molecule has 1 atom stereocenters. The Morgan fingerprint density at radius 1 is 1.17 bits per heavy atom. The van der Waals surface area contributed by atoms with Gasteiger partial charge in [-0.1, -0.05) is 64.4 Å². The second-order valence-corrected chi connectivity index (χ2v) is 6.62. The van der Waals surface area contributed by atoms with Crippen LogP contribution < -0.4 is 5.32 Å². The number of benzene rings is 2. The molecule has 0 bridgehead atoms. The summed E-state index contributed by atoms with van der Waals surface area (Å²) in [5, 5.41) is 15.4. The van der Waals surface area contributed by atoms with Crippen LogP contribution in [0, 0.1) is 0 Å². The molecule has 4 rings (SSSR count). The number of anilines is 1. The molecule has 1 aliphatic rings. The van der Waals surface area contributed by atoms with Crippen LogP contribution in [0.2, 0.25) is 0 Å². The number of aromatic nitrogens is 4. The van der Waals surface area contributed by atoms with Crippen LogP contribution in [-0.2, 0) is 6.42 Å². The van der Waals surface area contributed by atoms with Crippen LogP contribution in [0.15, 0.2) is 59.1 Å². The number of hydrogen-bond donors (Lipinski definition) is 1. The maximum Gasteiger partial charge on any atom is 0.248 e. The van der Waals surface area contributed by atoms with Gasteiger partial charge in [0.2, 0.25) is 5.95 Å². The van der Waals surface area contributed by atoms with E-state index in [2.05, 4.69) is 86.2 Å². The number of tetrazole rings is 1. The minimum atomic E-state index is -0.0467. The summed E-state index contributed by atoms with van der Waals surface area (Å²) in [5.41, 5.74) is 4.59. The van der Waals surface area contributed by atoms with Gasteiger partial charge in [0.05, 0.1) is 0 Å². The van der Waals surface area contributed by atoms with Crippen molar-refractivity contribution < 1.29 is 0 Å². The fraction of sp³-hybridized carbons (Fsp3) is 0.167. The highest BCUT2D eigenvalue weighted by atomic mass is 79.9. The third-order valence-corrected chi connectivity index (χ3v) is 4.68. The Labute approximate surface area is 148 Å². The van der Waals surface area contributed by atoms with Gasteiger partial charge in [-0.3, -0.25) is 0 Å². The first-order chi connectivity index (χ1) is 11.7. The molecule has 1 aromatic heterocycles. The highest BCUT2D eigenvalue weighted by molar-refractivity contribution is 9.10. The highest BCUT2D eigenvalue weighted by Crippen LogP contribution is 2.32. The lowest BCUT2D eigenvalue weighted by Crippen LogP contribution is -2.20. The zero-order valence-electron chi connectivity index (χ0n) is 13.1. The van der Waals surface area contributed by atoms with Crippen molar-refractivity contribution in [1.82, 2.24) is 20.2 Å². The van der Waals surface area contributed by atoms with Crippen molar-refractivity contribution in [2.45, 2.75) is 19.4 Å². The first-order valence-electron chi connectivity index (χ1n) is 7.86. The van der Waals surface area contributed by atoms with Gasteiger partial charge < -0.3 is 5.32 Å². The SMILES string of the molecule is CCc1ccc(C2=C[C@@H](c3cccc(Br)c3)n3nnnc3N2)cc1. The van der Waals surface area contributed by atoms with E-state index in [-0.39, 0.29) is 6.04 Å². The van der Waals surface area contributed by atoms with E-state index in [0.29, 0.717) is 5.95 Å². The van der Waals surface area contributed by atoms with Crippen molar-refractivity contribution in [1.29, 1.82) is 0 Å². The molecular formula is C18H16BrN5. The third kappa shape index (κ3) is 2.73. The smallest absolute Gasteiger partial charge is 0.248 e. The Bertz CT molecular complexity index is 898. The van der Waals surface area contributed by atoms with Gasteiger partial charge in [-0.2, -0.15) is 4.68 Å². The third-order valence-electron chi connectivity index (χ3n) is 4.19. The molecule has 2 heterocycles. The van der Waals surface area contributed by atoms with E-state index in [0.717, 1.165) is 27.7 Å². The molecule has 0 radical (unpaired) electrons. The lowest BCUT2D eigenvalue weighted by molar-refractivity contribution is 0.585. The summed E-state index contributed by atoms with van der Waals surface area (Å²) >= 11 is 3.54. The summed E-state index contributed by atoms with van der Waals surface area (Å²) in [7, 11) is 0. The van der Waals surface area contributed by atoms with Crippen LogP contribution in [-0.4, -0.2) is 20.2 Å². The van der Waals surface area contributed by atoms with E-state index in [1.54, 1.807) is 4.68 Å². The average molecular weight is 382 g/mol. The minimum absolute atomic E-state index is 0.0467. The van der Waals surface area contributed by atoms with E-state index < -0.39 is 0 Å². The Hall–Kier alpha value is -2.47. The number of allylic oxidation sites excluding steroid dienone is 1. The first-order valence-corrected chi connectivity index (χ1v) is 8.65. The molecule has 0 saturated carbocycles. The van der Waals surface area contributed by atoms with Crippen LogP contribution in [0.4, 0.5) is 5.95 Å². The number of halogens is 1. The van der Waals surface area contributed by atoms with E-state index in [9.17, 15) is 0 Å². The largest absolute Gasteiger partial charge is 0.323 e. The molecule has 1 N–H and O–H groups in total. The predicted octanol–water partition coefficient (Wildman–Crippen LogP) is 4.05. The van der Waals surface area contributed by atoms with Crippen LogP contribution in [0.25, 0.3) is 5.70 Å². The molecule has 0 saturated heterocycles. The molecule has 2 aromatic carbocycles. The molecule has 5 nitrogen and oxygen atoms in total. The first kappa shape index (κ1) is 15.1. The number of hydrogen-bond acceptors (Lipinski definition) is 4. The lowest BCUT2D eigenvalue weighted by atomic mass is 10.0. The average Bonchev–Trinajstić information content (AvgIpc) is 3.09. The van der Waals surface area contributed by atoms with Crippen LogP contribution >= 0.6 is 15.9 Å². The molecule has 1 aliphatic heterocycles. The van der Waals surface area contributed by atoms with Gasteiger partial charge >= 0.3 is 0 Å². The number of fused-ring (bicyclic) bond motifs is 1. The topological polar surface area (TPSA) is 55.6 Å². The predicted molar refractivity (Wildman–Crippen MR) is 97.5 cm³/mol. The number of nitrogens with one attached hydrogen (secondary N) is 1. The molecule has 0 amide bonds. The number of nitrogens with zero attached hydrogens (tertiary/aromatic N) is 4. The summed E-state index contributed by atoms with van der Waals surface area (Å²) < 4.78 is 2.83.